The smallest absolute Gasteiger partial charge is 0.234 e. The number of aryl methyl sites for hydroxylation is 2. The van der Waals surface area contributed by atoms with Crippen molar-refractivity contribution in [1.82, 2.24) is 9.97 Å². The fourth-order valence-corrected chi connectivity index (χ4v) is 1.64. The molecule has 0 fully saturated rings. The third-order valence-electron chi connectivity index (χ3n) is 2.13. The molecule has 0 bridgehead atoms. The summed E-state index contributed by atoms with van der Waals surface area (Å²) in [6.45, 7) is 4.03. The maximum absolute atomic E-state index is 5.62. The predicted octanol–water partition coefficient (Wildman–Crippen LogP) is 3.11. The van der Waals surface area contributed by atoms with Crippen LogP contribution in [0.25, 0.3) is 0 Å². The van der Waals surface area contributed by atoms with Gasteiger partial charge >= 0.3 is 0 Å². The molecule has 0 radical (unpaired) electrons. The van der Waals surface area contributed by atoms with Gasteiger partial charge in [0.1, 0.15) is 12.1 Å². The van der Waals surface area contributed by atoms with Crippen molar-refractivity contribution in [2.75, 3.05) is 0 Å². The summed E-state index contributed by atoms with van der Waals surface area (Å²) >= 11 is 3.67. The fraction of sp³-hybridized carbons (Fsp3) is 0.167. The molecule has 88 valence electrons. The minimum Gasteiger partial charge on any atom is -0.439 e. The lowest BCUT2D eigenvalue weighted by atomic mass is 10.1. The topological polar surface area (TPSA) is 44.2 Å². The van der Waals surface area contributed by atoms with E-state index in [4.69, 9.17) is 8.92 Å². The molecular weight excluding hydrogens is 236 g/mol. The number of aromatic nitrogens is 2. The molecule has 5 heteroatoms. The number of ether oxygens (including phenoxy) is 1. The van der Waals surface area contributed by atoms with Crippen molar-refractivity contribution >= 4 is 12.9 Å². The highest BCUT2D eigenvalue weighted by molar-refractivity contribution is 7.75. The summed E-state index contributed by atoms with van der Waals surface area (Å²) in [5.41, 5.74) is 2.28. The van der Waals surface area contributed by atoms with E-state index in [9.17, 15) is 0 Å². The quantitative estimate of drug-likeness (QED) is 0.669. The Labute approximate surface area is 105 Å². The summed E-state index contributed by atoms with van der Waals surface area (Å²) in [4.78, 5) is 7.84. The third kappa shape index (κ3) is 3.10. The van der Waals surface area contributed by atoms with E-state index < -0.39 is 0 Å². The molecule has 17 heavy (non-hydrogen) atoms. The van der Waals surface area contributed by atoms with Gasteiger partial charge in [0.05, 0.1) is 6.07 Å². The van der Waals surface area contributed by atoms with Crippen molar-refractivity contribution in [3.8, 4) is 17.5 Å². The normalized spacial score (nSPS) is 10.1. The highest BCUT2D eigenvalue weighted by Gasteiger charge is 2.03. The van der Waals surface area contributed by atoms with Crippen molar-refractivity contribution < 1.29 is 8.92 Å². The van der Waals surface area contributed by atoms with Gasteiger partial charge in [0.15, 0.2) is 0 Å². The molecule has 1 aromatic heterocycles. The molecular formula is C12H12N2O2S. The molecule has 0 amide bonds. The Morgan fingerprint density at radius 3 is 2.24 bits per heavy atom. The Hall–Kier alpha value is -1.75. The van der Waals surface area contributed by atoms with E-state index in [0.29, 0.717) is 11.8 Å². The van der Waals surface area contributed by atoms with Crippen LogP contribution >= 0.6 is 12.9 Å². The molecule has 2 rings (SSSR count). The maximum atomic E-state index is 5.62. The summed E-state index contributed by atoms with van der Waals surface area (Å²) in [6.07, 6.45) is 1.36. The Bertz CT molecular complexity index is 511. The molecule has 0 atom stereocenters. The van der Waals surface area contributed by atoms with Gasteiger partial charge in [0, 0.05) is 12.9 Å². The summed E-state index contributed by atoms with van der Waals surface area (Å²) < 4.78 is 10.3. The van der Waals surface area contributed by atoms with E-state index in [1.54, 1.807) is 6.07 Å². The summed E-state index contributed by atoms with van der Waals surface area (Å²) in [5, 5.41) is 0. The third-order valence-corrected chi connectivity index (χ3v) is 2.32. The van der Waals surface area contributed by atoms with Gasteiger partial charge in [-0.1, -0.05) is 6.07 Å². The lowest BCUT2D eigenvalue weighted by Gasteiger charge is -2.07. The van der Waals surface area contributed by atoms with E-state index in [1.807, 2.05) is 26.0 Å². The SMILES string of the molecule is Cc1cc(C)cc(Oc2cc(OS)ncn2)c1. The second-order valence-electron chi connectivity index (χ2n) is 3.71. The summed E-state index contributed by atoms with van der Waals surface area (Å²) in [7, 11) is 0. The van der Waals surface area contributed by atoms with Crippen molar-refractivity contribution in [3.05, 3.63) is 41.7 Å². The van der Waals surface area contributed by atoms with E-state index in [2.05, 4.69) is 28.9 Å². The number of thiol groups is 1. The average molecular weight is 248 g/mol. The Morgan fingerprint density at radius 2 is 1.59 bits per heavy atom. The van der Waals surface area contributed by atoms with Crippen molar-refractivity contribution in [1.29, 1.82) is 0 Å². The summed E-state index contributed by atoms with van der Waals surface area (Å²) in [5.74, 6) is 1.52. The average Bonchev–Trinajstić information content (AvgIpc) is 2.28. The summed E-state index contributed by atoms with van der Waals surface area (Å²) in [6, 6.07) is 7.53. The van der Waals surface area contributed by atoms with E-state index in [-0.39, 0.29) is 0 Å². The first-order valence-corrected chi connectivity index (χ1v) is 5.43. The van der Waals surface area contributed by atoms with Crippen LogP contribution in [-0.2, 0) is 0 Å². The number of rotatable bonds is 3. The van der Waals surface area contributed by atoms with Crippen LogP contribution in [0.3, 0.4) is 0 Å². The molecule has 0 N–H and O–H groups in total. The minimum atomic E-state index is 0.350. The zero-order valence-corrected chi connectivity index (χ0v) is 10.4. The Kier molecular flexibility index (Phi) is 3.49. The molecule has 1 heterocycles. The lowest BCUT2D eigenvalue weighted by molar-refractivity contribution is 0.456. The molecule has 1 aromatic carbocycles. The predicted molar refractivity (Wildman–Crippen MR) is 67.6 cm³/mol. The number of hydrogen-bond donors (Lipinski definition) is 1. The van der Waals surface area contributed by atoms with Crippen LogP contribution in [0.15, 0.2) is 30.6 Å². The van der Waals surface area contributed by atoms with Crippen molar-refractivity contribution in [2.24, 2.45) is 0 Å². The molecule has 4 nitrogen and oxygen atoms in total. The first-order valence-electron chi connectivity index (χ1n) is 5.07. The zero-order valence-electron chi connectivity index (χ0n) is 9.54. The second-order valence-corrected chi connectivity index (χ2v) is 3.89. The van der Waals surface area contributed by atoms with E-state index >= 15 is 0 Å². The first-order chi connectivity index (χ1) is 8.17. The van der Waals surface area contributed by atoms with Crippen LogP contribution in [0.5, 0.6) is 17.5 Å². The molecule has 0 saturated heterocycles. The molecule has 0 saturated carbocycles. The lowest BCUT2D eigenvalue weighted by Crippen LogP contribution is -1.91. The van der Waals surface area contributed by atoms with Gasteiger partial charge in [-0.3, -0.25) is 0 Å². The number of nitrogens with zero attached hydrogens (tertiary/aromatic N) is 2. The number of benzene rings is 1. The first kappa shape index (κ1) is 11.7. The molecule has 2 aromatic rings. The van der Waals surface area contributed by atoms with Crippen molar-refractivity contribution in [2.45, 2.75) is 13.8 Å². The highest BCUT2D eigenvalue weighted by Crippen LogP contribution is 2.23. The van der Waals surface area contributed by atoms with Gasteiger partial charge in [-0.05, 0) is 37.1 Å². The van der Waals surface area contributed by atoms with Crippen LogP contribution in [0.2, 0.25) is 0 Å². The molecule has 0 aliphatic carbocycles. The minimum absolute atomic E-state index is 0.350. The van der Waals surface area contributed by atoms with Crippen molar-refractivity contribution in [3.63, 3.8) is 0 Å². The zero-order chi connectivity index (χ0) is 12.3. The molecule has 0 aliphatic rings. The van der Waals surface area contributed by atoms with Crippen LogP contribution in [0.4, 0.5) is 0 Å². The van der Waals surface area contributed by atoms with Crippen LogP contribution < -0.4 is 8.92 Å². The fourth-order valence-electron chi connectivity index (χ4n) is 1.54. The van der Waals surface area contributed by atoms with Crippen LogP contribution in [-0.4, -0.2) is 9.97 Å². The Balaban J connectivity index is 2.24. The van der Waals surface area contributed by atoms with Gasteiger partial charge in [-0.15, -0.1) is 0 Å². The van der Waals surface area contributed by atoms with Crippen LogP contribution in [0.1, 0.15) is 11.1 Å². The van der Waals surface area contributed by atoms with E-state index in [1.165, 1.54) is 6.33 Å². The van der Waals surface area contributed by atoms with Crippen LogP contribution in [0, 0.1) is 13.8 Å². The standard InChI is InChI=1S/C12H12N2O2S/c1-8-3-9(2)5-10(4-8)15-11-6-12(16-17)14-7-13-11/h3-7,17H,1-2H3. The maximum Gasteiger partial charge on any atom is 0.234 e. The highest BCUT2D eigenvalue weighted by atomic mass is 32.1. The van der Waals surface area contributed by atoms with Gasteiger partial charge in [0.2, 0.25) is 11.8 Å². The monoisotopic (exact) mass is 248 g/mol. The molecule has 0 aliphatic heterocycles. The van der Waals surface area contributed by atoms with Gasteiger partial charge in [-0.2, -0.15) is 0 Å². The van der Waals surface area contributed by atoms with Gasteiger partial charge in [0.25, 0.3) is 0 Å². The second kappa shape index (κ2) is 5.05. The Morgan fingerprint density at radius 1 is 0.941 bits per heavy atom. The molecule has 0 spiro atoms. The van der Waals surface area contributed by atoms with Gasteiger partial charge < -0.3 is 8.92 Å². The van der Waals surface area contributed by atoms with Gasteiger partial charge in [-0.25, -0.2) is 9.97 Å². The number of hydrogen-bond acceptors (Lipinski definition) is 5. The van der Waals surface area contributed by atoms with E-state index in [0.717, 1.165) is 16.9 Å². The molecule has 0 unspecified atom stereocenters. The largest absolute Gasteiger partial charge is 0.439 e.